The minimum Gasteiger partial charge on any atom is -0.196 e. The van der Waals surface area contributed by atoms with Crippen LogP contribution in [0, 0.1) is 45.3 Å². The second-order valence-corrected chi connectivity index (χ2v) is 6.80. The zero-order valence-electron chi connectivity index (χ0n) is 11.1. The van der Waals surface area contributed by atoms with Crippen molar-refractivity contribution < 1.29 is 0 Å². The Morgan fingerprint density at radius 1 is 0.682 bits per heavy atom. The van der Waals surface area contributed by atoms with Gasteiger partial charge < -0.3 is 0 Å². The van der Waals surface area contributed by atoms with Crippen molar-refractivity contribution in [2.75, 3.05) is 0 Å². The summed E-state index contributed by atoms with van der Waals surface area (Å²) in [5.41, 5.74) is 0. The first-order valence-electron chi connectivity index (χ1n) is 6.26. The number of rotatable bonds is 2. The summed E-state index contributed by atoms with van der Waals surface area (Å²) in [6, 6.07) is 15.6. The molecule has 102 valence electrons. The number of nitrogens with zero attached hydrogens (tertiary/aromatic N) is 4. The van der Waals surface area contributed by atoms with Gasteiger partial charge in [-0.2, -0.15) is 21.0 Å². The highest BCUT2D eigenvalue weighted by Crippen LogP contribution is 2.39. The third-order valence-electron chi connectivity index (χ3n) is 3.32. The number of thiophene rings is 2. The van der Waals surface area contributed by atoms with Crippen molar-refractivity contribution in [3.05, 3.63) is 34.0 Å². The first kappa shape index (κ1) is 14.1. The summed E-state index contributed by atoms with van der Waals surface area (Å²) in [7, 11) is 0. The maximum atomic E-state index is 9.02. The van der Waals surface area contributed by atoms with Gasteiger partial charge in [-0.25, -0.2) is 0 Å². The van der Waals surface area contributed by atoms with Crippen LogP contribution in [0.25, 0.3) is 20.2 Å². The Labute approximate surface area is 134 Å². The minimum absolute atomic E-state index is 0.720. The van der Waals surface area contributed by atoms with E-state index in [9.17, 15) is 0 Å². The molecule has 0 aliphatic rings. The molecule has 3 aromatic rings. The number of hydrogen-bond donors (Lipinski definition) is 0. The molecule has 0 radical (unpaired) electrons. The minimum atomic E-state index is -0.767. The second kappa shape index (κ2) is 5.47. The first-order chi connectivity index (χ1) is 10.7. The molecule has 22 heavy (non-hydrogen) atoms. The predicted octanol–water partition coefficient (Wildman–Crippen LogP) is 4.38. The van der Waals surface area contributed by atoms with E-state index < -0.39 is 11.8 Å². The van der Waals surface area contributed by atoms with E-state index in [1.165, 1.54) is 22.7 Å². The average molecular weight is 318 g/mol. The van der Waals surface area contributed by atoms with Gasteiger partial charge in [0.2, 0.25) is 0 Å². The lowest BCUT2D eigenvalue weighted by atomic mass is 10.1. The van der Waals surface area contributed by atoms with Crippen molar-refractivity contribution in [1.29, 1.82) is 21.0 Å². The summed E-state index contributed by atoms with van der Waals surface area (Å²) >= 11 is 2.86. The van der Waals surface area contributed by atoms with Crippen molar-refractivity contribution in [1.82, 2.24) is 0 Å². The Bertz CT molecular complexity index is 933. The molecule has 0 unspecified atom stereocenters. The van der Waals surface area contributed by atoms with Crippen molar-refractivity contribution in [3.63, 3.8) is 0 Å². The second-order valence-electron chi connectivity index (χ2n) is 4.57. The van der Waals surface area contributed by atoms with Crippen molar-refractivity contribution >= 4 is 42.8 Å². The third-order valence-corrected chi connectivity index (χ3v) is 5.65. The van der Waals surface area contributed by atoms with Crippen LogP contribution in [0.3, 0.4) is 0 Å². The summed E-state index contributed by atoms with van der Waals surface area (Å²) in [5.74, 6) is -1.53. The Morgan fingerprint density at radius 2 is 1.05 bits per heavy atom. The van der Waals surface area contributed by atoms with E-state index in [1.54, 1.807) is 0 Å². The van der Waals surface area contributed by atoms with Gasteiger partial charge in [-0.1, -0.05) is 0 Å². The van der Waals surface area contributed by atoms with E-state index in [-0.39, 0.29) is 0 Å². The fourth-order valence-electron chi connectivity index (χ4n) is 2.27. The molecule has 0 amide bonds. The van der Waals surface area contributed by atoms with E-state index in [4.69, 9.17) is 21.0 Å². The molecule has 3 rings (SSSR count). The van der Waals surface area contributed by atoms with Gasteiger partial charge in [0.1, 0.15) is 0 Å². The predicted molar refractivity (Wildman–Crippen MR) is 85.1 cm³/mol. The zero-order chi connectivity index (χ0) is 15.7. The van der Waals surface area contributed by atoms with Crippen molar-refractivity contribution in [2.45, 2.75) is 11.8 Å². The van der Waals surface area contributed by atoms with Crippen LogP contribution in [0.2, 0.25) is 0 Å². The van der Waals surface area contributed by atoms with E-state index in [1.807, 2.05) is 48.5 Å². The van der Waals surface area contributed by atoms with Crippen LogP contribution < -0.4 is 0 Å². The SMILES string of the molecule is N#CC(C#N)c1cc2c(ccc3sc(C(C#N)C#N)cc32)s1. The first-order valence-corrected chi connectivity index (χ1v) is 7.89. The average Bonchev–Trinajstić information content (AvgIpc) is 3.13. The number of hydrogen-bond acceptors (Lipinski definition) is 6. The quantitative estimate of drug-likeness (QED) is 0.700. The molecule has 0 fully saturated rings. The van der Waals surface area contributed by atoms with E-state index >= 15 is 0 Å². The molecule has 0 spiro atoms. The molecular weight excluding hydrogens is 312 g/mol. The molecule has 4 nitrogen and oxygen atoms in total. The Hall–Kier alpha value is -2.90. The topological polar surface area (TPSA) is 95.2 Å². The van der Waals surface area contributed by atoms with E-state index in [0.29, 0.717) is 0 Å². The Balaban J connectivity index is 2.24. The van der Waals surface area contributed by atoms with Crippen LogP contribution in [0.5, 0.6) is 0 Å². The summed E-state index contributed by atoms with van der Waals surface area (Å²) in [6.45, 7) is 0. The van der Waals surface area contributed by atoms with Gasteiger partial charge in [-0.05, 0) is 24.3 Å². The van der Waals surface area contributed by atoms with Gasteiger partial charge in [0.15, 0.2) is 11.8 Å². The zero-order valence-corrected chi connectivity index (χ0v) is 12.7. The Kier molecular flexibility index (Phi) is 3.50. The Morgan fingerprint density at radius 3 is 1.36 bits per heavy atom. The largest absolute Gasteiger partial charge is 0.196 e. The van der Waals surface area contributed by atoms with Gasteiger partial charge in [-0.15, -0.1) is 22.7 Å². The van der Waals surface area contributed by atoms with Crippen LogP contribution >= 0.6 is 22.7 Å². The van der Waals surface area contributed by atoms with Gasteiger partial charge in [0.05, 0.1) is 24.3 Å². The fourth-order valence-corrected chi connectivity index (χ4v) is 4.40. The highest BCUT2D eigenvalue weighted by atomic mass is 32.1. The van der Waals surface area contributed by atoms with Crippen LogP contribution in [0.1, 0.15) is 21.6 Å². The lowest BCUT2D eigenvalue weighted by Crippen LogP contribution is -1.85. The smallest absolute Gasteiger partial charge is 0.167 e. The van der Waals surface area contributed by atoms with Crippen molar-refractivity contribution in [3.8, 4) is 24.3 Å². The van der Waals surface area contributed by atoms with Gasteiger partial charge in [0.25, 0.3) is 0 Å². The molecule has 0 atom stereocenters. The molecular formula is C16H6N4S2. The number of fused-ring (bicyclic) bond motifs is 3. The molecule has 0 aliphatic heterocycles. The number of benzene rings is 1. The number of nitriles is 4. The highest BCUT2D eigenvalue weighted by molar-refractivity contribution is 7.21. The molecule has 0 aliphatic carbocycles. The summed E-state index contributed by atoms with van der Waals surface area (Å²) in [4.78, 5) is 1.44. The standard InChI is InChI=1S/C16H6N4S2/c17-5-9(6-18)15-3-11-12-4-16(10(7-19)8-20)22-14(12)2-1-13(11)21-15/h1-4,9-10H. The van der Waals surface area contributed by atoms with Gasteiger partial charge in [0, 0.05) is 29.9 Å². The lowest BCUT2D eigenvalue weighted by Gasteiger charge is -1.91. The summed E-state index contributed by atoms with van der Waals surface area (Å²) < 4.78 is 1.99. The van der Waals surface area contributed by atoms with Crippen LogP contribution in [0.15, 0.2) is 24.3 Å². The molecule has 0 saturated carbocycles. The molecule has 2 aromatic heterocycles. The van der Waals surface area contributed by atoms with Crippen LogP contribution in [0.4, 0.5) is 0 Å². The summed E-state index contributed by atoms with van der Waals surface area (Å²) in [6.07, 6.45) is 0. The van der Waals surface area contributed by atoms with E-state index in [0.717, 1.165) is 29.9 Å². The maximum Gasteiger partial charge on any atom is 0.167 e. The normalized spacial score (nSPS) is 10.5. The third kappa shape index (κ3) is 2.09. The monoisotopic (exact) mass is 318 g/mol. The molecule has 0 N–H and O–H groups in total. The highest BCUT2D eigenvalue weighted by Gasteiger charge is 2.17. The fraction of sp³-hybridized carbons (Fsp3) is 0.125. The maximum absolute atomic E-state index is 9.02. The lowest BCUT2D eigenvalue weighted by molar-refractivity contribution is 1.14. The molecule has 2 heterocycles. The van der Waals surface area contributed by atoms with E-state index in [2.05, 4.69) is 0 Å². The summed E-state index contributed by atoms with van der Waals surface area (Å²) in [5, 5.41) is 38.0. The molecule has 1 aromatic carbocycles. The molecule has 6 heteroatoms. The van der Waals surface area contributed by atoms with Crippen LogP contribution in [-0.4, -0.2) is 0 Å². The molecule has 0 bridgehead atoms. The van der Waals surface area contributed by atoms with Gasteiger partial charge in [-0.3, -0.25) is 0 Å². The van der Waals surface area contributed by atoms with Gasteiger partial charge >= 0.3 is 0 Å². The molecule has 0 saturated heterocycles. The van der Waals surface area contributed by atoms with Crippen LogP contribution in [-0.2, 0) is 0 Å². The van der Waals surface area contributed by atoms with Crippen molar-refractivity contribution in [2.24, 2.45) is 0 Å².